The van der Waals surface area contributed by atoms with Gasteiger partial charge in [-0.15, -0.1) is 0 Å². The minimum absolute atomic E-state index is 0. The molecule has 8 nitrogen and oxygen atoms in total. The maximum absolute atomic E-state index is 11.6. The third-order valence-corrected chi connectivity index (χ3v) is 3.27. The van der Waals surface area contributed by atoms with Crippen LogP contribution >= 0.6 is 0 Å². The average molecular weight is 323 g/mol. The Morgan fingerprint density at radius 2 is 1.65 bits per heavy atom. The topological polar surface area (TPSA) is 121 Å². The molecule has 1 aromatic carbocycles. The van der Waals surface area contributed by atoms with Gasteiger partial charge in [-0.3, -0.25) is 19.5 Å². The van der Waals surface area contributed by atoms with E-state index >= 15 is 0 Å². The number of nitrogens with zero attached hydrogens (tertiary/aromatic N) is 1. The van der Waals surface area contributed by atoms with Crippen LogP contribution in [0.1, 0.15) is 6.42 Å². The monoisotopic (exact) mass is 323 g/mol. The van der Waals surface area contributed by atoms with E-state index in [-0.39, 0.29) is 62.0 Å². The van der Waals surface area contributed by atoms with Crippen LogP contribution in [0.4, 0.5) is 10.5 Å². The summed E-state index contributed by atoms with van der Waals surface area (Å²) in [6.45, 7) is 0. The van der Waals surface area contributed by atoms with Crippen LogP contribution < -0.4 is 10.2 Å². The van der Waals surface area contributed by atoms with Crippen molar-refractivity contribution >= 4 is 85.0 Å². The van der Waals surface area contributed by atoms with E-state index in [1.165, 1.54) is 12.1 Å². The van der Waals surface area contributed by atoms with Crippen molar-refractivity contribution in [3.05, 3.63) is 24.3 Å². The van der Waals surface area contributed by atoms with Crippen molar-refractivity contribution in [2.75, 3.05) is 4.90 Å². The van der Waals surface area contributed by atoms with Gasteiger partial charge in [0.15, 0.2) is 0 Å². The largest absolute Gasteiger partial charge is 0.335 e. The summed E-state index contributed by atoms with van der Waals surface area (Å²) in [6.07, 6.45) is -0.466. The maximum atomic E-state index is 11.6. The fourth-order valence-electron chi connectivity index (χ4n) is 1.58. The molecule has 101 valence electrons. The molecular weight excluding hydrogens is 315 g/mol. The van der Waals surface area contributed by atoms with E-state index in [4.69, 9.17) is 4.55 Å². The molecule has 10 heteroatoms. The molecule has 1 saturated heterocycles. The van der Waals surface area contributed by atoms with Gasteiger partial charge >= 0.3 is 6.03 Å². The molecule has 1 aliphatic rings. The zero-order valence-electron chi connectivity index (χ0n) is 10.4. The Balaban J connectivity index is 0.00000200. The average Bonchev–Trinajstić information content (AvgIpc) is 2.27. The third-order valence-electron chi connectivity index (χ3n) is 2.40. The van der Waals surface area contributed by atoms with Crippen LogP contribution in [0.5, 0.6) is 0 Å². The number of nitrogens with one attached hydrogen (secondary N) is 1. The van der Waals surface area contributed by atoms with Crippen molar-refractivity contribution in [2.24, 2.45) is 0 Å². The predicted octanol–water partition coefficient (Wildman–Crippen LogP) is -0.475. The fraction of sp³-hybridized carbons (Fsp3) is 0.100. The molecule has 0 unspecified atom stereocenters. The first-order valence-electron chi connectivity index (χ1n) is 5.03. The van der Waals surface area contributed by atoms with Gasteiger partial charge in [0.25, 0.3) is 10.1 Å². The molecule has 0 atom stereocenters. The number of urea groups is 1. The molecule has 0 spiro atoms. The summed E-state index contributed by atoms with van der Waals surface area (Å²) in [6, 6.07) is 3.54. The quantitative estimate of drug-likeness (QED) is 0.431. The van der Waals surface area contributed by atoms with Crippen molar-refractivity contribution < 1.29 is 27.4 Å². The smallest absolute Gasteiger partial charge is 0.282 e. The number of carbonyl (C=O) groups excluding carboxylic acids is 3. The molecule has 1 aliphatic heterocycles. The summed E-state index contributed by atoms with van der Waals surface area (Å²) < 4.78 is 30.5. The van der Waals surface area contributed by atoms with E-state index in [1.54, 1.807) is 0 Å². The van der Waals surface area contributed by atoms with Gasteiger partial charge < -0.3 is 0 Å². The van der Waals surface area contributed by atoms with Crippen LogP contribution in [-0.4, -0.2) is 82.2 Å². The van der Waals surface area contributed by atoms with Gasteiger partial charge in [-0.05, 0) is 24.3 Å². The molecule has 0 bridgehead atoms. The Hall–Kier alpha value is -0.624. The summed E-state index contributed by atoms with van der Waals surface area (Å²) in [4.78, 5) is 34.4. The van der Waals surface area contributed by atoms with Crippen LogP contribution in [-0.2, 0) is 19.7 Å². The third kappa shape index (κ3) is 3.72. The molecule has 0 aromatic heterocycles. The summed E-state index contributed by atoms with van der Waals surface area (Å²) in [5.41, 5.74) is 0.0994. The molecule has 0 saturated carbocycles. The van der Waals surface area contributed by atoms with Crippen LogP contribution in [0, 0.1) is 0 Å². The fourth-order valence-corrected chi connectivity index (χ4v) is 2.06. The number of hydrogen-bond acceptors (Lipinski definition) is 5. The molecule has 4 amide bonds. The number of imide groups is 2. The van der Waals surface area contributed by atoms with E-state index in [0.29, 0.717) is 0 Å². The number of hydrogen-bond donors (Lipinski definition) is 2. The van der Waals surface area contributed by atoms with Gasteiger partial charge in [0.05, 0.1) is 10.6 Å². The van der Waals surface area contributed by atoms with E-state index in [2.05, 4.69) is 0 Å². The number of anilines is 1. The number of barbiturate groups is 1. The standard InChI is InChI=1S/C10H8N2O6S.K/c13-8-5-9(14)12(10(15)11-8)6-1-3-7(4-2-6)19(16,17)18;/h1-4H,5H2,(H,11,13,15)(H,16,17,18);. The molecule has 2 rings (SSSR count). The van der Waals surface area contributed by atoms with E-state index < -0.39 is 34.4 Å². The van der Waals surface area contributed by atoms with E-state index in [0.717, 1.165) is 17.0 Å². The van der Waals surface area contributed by atoms with E-state index in [9.17, 15) is 22.8 Å². The van der Waals surface area contributed by atoms with Gasteiger partial charge in [0.2, 0.25) is 11.8 Å². The Kier molecular flexibility index (Phi) is 5.60. The van der Waals surface area contributed by atoms with Gasteiger partial charge in [-0.25, -0.2) is 9.69 Å². The zero-order chi connectivity index (χ0) is 14.2. The number of benzene rings is 1. The predicted molar refractivity (Wildman–Crippen MR) is 67.7 cm³/mol. The molecule has 20 heavy (non-hydrogen) atoms. The molecule has 1 fully saturated rings. The van der Waals surface area contributed by atoms with Crippen LogP contribution in [0.25, 0.3) is 0 Å². The second-order valence-electron chi connectivity index (χ2n) is 3.73. The SMILES string of the molecule is O=C1CC(=O)N(c2ccc(S(=O)(=O)O)cc2)C(=O)N1.[K]. The second kappa shape index (κ2) is 6.43. The van der Waals surface area contributed by atoms with Crippen LogP contribution in [0.2, 0.25) is 0 Å². The minimum Gasteiger partial charge on any atom is -0.282 e. The van der Waals surface area contributed by atoms with Crippen molar-refractivity contribution in [1.29, 1.82) is 0 Å². The van der Waals surface area contributed by atoms with Crippen LogP contribution in [0.3, 0.4) is 0 Å². The normalized spacial score (nSPS) is 15.7. The van der Waals surface area contributed by atoms with Gasteiger partial charge in [0, 0.05) is 51.4 Å². The first kappa shape index (κ1) is 17.4. The molecule has 0 aliphatic carbocycles. The molecule has 1 heterocycles. The number of amides is 4. The zero-order valence-corrected chi connectivity index (χ0v) is 14.3. The van der Waals surface area contributed by atoms with Crippen molar-refractivity contribution in [2.45, 2.75) is 11.3 Å². The maximum Gasteiger partial charge on any atom is 0.335 e. The first-order chi connectivity index (χ1) is 8.79. The van der Waals surface area contributed by atoms with Crippen molar-refractivity contribution in [3.8, 4) is 0 Å². The first-order valence-corrected chi connectivity index (χ1v) is 6.47. The summed E-state index contributed by atoms with van der Waals surface area (Å²) in [7, 11) is -4.34. The number of carbonyl (C=O) groups is 3. The van der Waals surface area contributed by atoms with Crippen molar-refractivity contribution in [3.63, 3.8) is 0 Å². The molecule has 1 aromatic rings. The van der Waals surface area contributed by atoms with Gasteiger partial charge in [-0.1, -0.05) is 0 Å². The van der Waals surface area contributed by atoms with Gasteiger partial charge in [-0.2, -0.15) is 8.42 Å². The summed E-state index contributed by atoms with van der Waals surface area (Å²) in [5.74, 6) is -1.41. The Bertz CT molecular complexity index is 649. The summed E-state index contributed by atoms with van der Waals surface area (Å²) in [5, 5.41) is 1.96. The van der Waals surface area contributed by atoms with Crippen molar-refractivity contribution in [1.82, 2.24) is 5.32 Å². The minimum atomic E-state index is -4.34. The number of rotatable bonds is 2. The Morgan fingerprint density at radius 1 is 1.10 bits per heavy atom. The van der Waals surface area contributed by atoms with Gasteiger partial charge in [0.1, 0.15) is 6.42 Å². The second-order valence-corrected chi connectivity index (χ2v) is 5.15. The van der Waals surface area contributed by atoms with E-state index in [1.807, 2.05) is 5.32 Å². The Morgan fingerprint density at radius 3 is 2.10 bits per heavy atom. The Labute approximate surface area is 156 Å². The molecular formula is C10H8KN2O6S. The summed E-state index contributed by atoms with van der Waals surface area (Å²) >= 11 is 0. The molecule has 2 N–H and O–H groups in total. The van der Waals surface area contributed by atoms with Crippen LogP contribution in [0.15, 0.2) is 29.2 Å². The molecule has 1 radical (unpaired) electrons.